The number of nitrogens with one attached hydrogen (secondary N) is 1. The predicted molar refractivity (Wildman–Crippen MR) is 136 cm³/mol. The summed E-state index contributed by atoms with van der Waals surface area (Å²) in [6.45, 7) is 2.85. The van der Waals surface area contributed by atoms with Crippen molar-refractivity contribution in [3.63, 3.8) is 0 Å². The van der Waals surface area contributed by atoms with Gasteiger partial charge in [-0.25, -0.2) is 18.7 Å². The summed E-state index contributed by atoms with van der Waals surface area (Å²) in [5.74, 6) is 0.222. The minimum atomic E-state index is -0.751. The van der Waals surface area contributed by atoms with Crippen LogP contribution in [0.1, 0.15) is 24.1 Å². The third kappa shape index (κ3) is 6.06. The molecule has 1 aliphatic rings. The molecule has 0 bridgehead atoms. The molecule has 4 aromatic rings. The number of halogens is 2. The van der Waals surface area contributed by atoms with Gasteiger partial charge in [0.2, 0.25) is 5.43 Å². The summed E-state index contributed by atoms with van der Waals surface area (Å²) in [7, 11) is 2.14. The number of likely N-dealkylation sites (tertiary alicyclic amines) is 1. The molecule has 0 aliphatic carbocycles. The summed E-state index contributed by atoms with van der Waals surface area (Å²) in [6.07, 6.45) is 7.19. The van der Waals surface area contributed by atoms with Crippen LogP contribution in [0.3, 0.4) is 0 Å². The molecule has 3 heterocycles. The second-order valence-corrected chi connectivity index (χ2v) is 9.41. The molecule has 1 fully saturated rings. The molecule has 7 nitrogen and oxygen atoms in total. The van der Waals surface area contributed by atoms with Crippen molar-refractivity contribution < 1.29 is 13.5 Å². The Hall–Kier alpha value is -3.98. The molecule has 0 unspecified atom stereocenters. The van der Waals surface area contributed by atoms with Gasteiger partial charge in [-0.2, -0.15) is 5.10 Å². The molecule has 1 saturated heterocycles. The Morgan fingerprint density at radius 2 is 1.76 bits per heavy atom. The van der Waals surface area contributed by atoms with Crippen LogP contribution in [-0.4, -0.2) is 51.8 Å². The van der Waals surface area contributed by atoms with Gasteiger partial charge in [0.15, 0.2) is 11.6 Å². The molecule has 0 radical (unpaired) electrons. The molecule has 2 aromatic carbocycles. The average molecular weight is 504 g/mol. The van der Waals surface area contributed by atoms with Crippen molar-refractivity contribution >= 4 is 0 Å². The highest BCUT2D eigenvalue weighted by atomic mass is 19.1. The number of rotatable bonds is 7. The third-order valence-electron chi connectivity index (χ3n) is 6.60. The van der Waals surface area contributed by atoms with E-state index < -0.39 is 17.1 Å². The lowest BCUT2D eigenvalue weighted by molar-refractivity contribution is 0.159. The van der Waals surface area contributed by atoms with Gasteiger partial charge in [-0.1, -0.05) is 18.2 Å². The molecular weight excluding hydrogens is 476 g/mol. The van der Waals surface area contributed by atoms with E-state index in [2.05, 4.69) is 32.1 Å². The van der Waals surface area contributed by atoms with Crippen LogP contribution in [0.4, 0.5) is 8.78 Å². The van der Waals surface area contributed by atoms with Crippen molar-refractivity contribution in [3.05, 3.63) is 94.2 Å². The largest absolute Gasteiger partial charge is 0.490 e. The van der Waals surface area contributed by atoms with Crippen LogP contribution < -0.4 is 10.2 Å². The standard InChI is InChI=1S/C28H27F2N5O2/c1-35-7-5-18(6-8-35)17-37-24-14-31-28(32-15-24)20-4-2-3-19(9-20)10-26-27(36)25(16-33-34-26)21-11-22(29)13-23(30)12-21/h2-4,9,11-16,18H,5-8,10,17H2,1H3,(H,33,36). The number of H-pyrrole nitrogens is 1. The number of ether oxygens (including phenoxy) is 1. The average Bonchev–Trinajstić information content (AvgIpc) is 2.89. The molecule has 0 atom stereocenters. The van der Waals surface area contributed by atoms with E-state index in [1.54, 1.807) is 12.4 Å². The van der Waals surface area contributed by atoms with E-state index in [1.807, 2.05) is 24.3 Å². The molecule has 1 aliphatic heterocycles. The van der Waals surface area contributed by atoms with Gasteiger partial charge in [0.25, 0.3) is 0 Å². The first-order valence-corrected chi connectivity index (χ1v) is 12.2. The fourth-order valence-electron chi connectivity index (χ4n) is 4.49. The zero-order valence-corrected chi connectivity index (χ0v) is 20.5. The van der Waals surface area contributed by atoms with Gasteiger partial charge in [-0.15, -0.1) is 0 Å². The van der Waals surface area contributed by atoms with Crippen LogP contribution in [0.5, 0.6) is 5.75 Å². The maximum atomic E-state index is 13.7. The predicted octanol–water partition coefficient (Wildman–Crippen LogP) is 4.48. The summed E-state index contributed by atoms with van der Waals surface area (Å²) in [5, 5.41) is 6.79. The monoisotopic (exact) mass is 503 g/mol. The van der Waals surface area contributed by atoms with Gasteiger partial charge < -0.3 is 9.64 Å². The second kappa shape index (κ2) is 11.0. The van der Waals surface area contributed by atoms with Crippen molar-refractivity contribution in [2.24, 2.45) is 5.92 Å². The van der Waals surface area contributed by atoms with Crippen molar-refractivity contribution in [2.45, 2.75) is 19.3 Å². The fourth-order valence-corrected chi connectivity index (χ4v) is 4.49. The third-order valence-corrected chi connectivity index (χ3v) is 6.60. The highest BCUT2D eigenvalue weighted by molar-refractivity contribution is 5.63. The quantitative estimate of drug-likeness (QED) is 0.400. The summed E-state index contributed by atoms with van der Waals surface area (Å²) in [5.41, 5.74) is 1.76. The van der Waals surface area contributed by atoms with Gasteiger partial charge in [-0.3, -0.25) is 9.89 Å². The van der Waals surface area contributed by atoms with Crippen LogP contribution >= 0.6 is 0 Å². The first-order valence-electron chi connectivity index (χ1n) is 12.2. The highest BCUT2D eigenvalue weighted by Crippen LogP contribution is 2.22. The number of nitrogens with zero attached hydrogens (tertiary/aromatic N) is 4. The zero-order valence-electron chi connectivity index (χ0n) is 20.5. The van der Waals surface area contributed by atoms with Crippen LogP contribution in [0.2, 0.25) is 0 Å². The zero-order chi connectivity index (χ0) is 25.8. The fraction of sp³-hybridized carbons (Fsp3) is 0.286. The minimum Gasteiger partial charge on any atom is -0.490 e. The molecule has 0 amide bonds. The molecule has 37 heavy (non-hydrogen) atoms. The number of aromatic amines is 1. The maximum absolute atomic E-state index is 13.7. The van der Waals surface area contributed by atoms with E-state index in [9.17, 15) is 13.6 Å². The topological polar surface area (TPSA) is 84.0 Å². The number of hydrogen-bond acceptors (Lipinski definition) is 6. The van der Waals surface area contributed by atoms with Crippen LogP contribution in [0.25, 0.3) is 22.5 Å². The van der Waals surface area contributed by atoms with Crippen LogP contribution in [-0.2, 0) is 6.42 Å². The Kier molecular flexibility index (Phi) is 7.32. The van der Waals surface area contributed by atoms with Crippen molar-refractivity contribution in [3.8, 4) is 28.3 Å². The molecule has 2 aromatic heterocycles. The Morgan fingerprint density at radius 3 is 2.49 bits per heavy atom. The summed E-state index contributed by atoms with van der Waals surface area (Å²) in [6, 6.07) is 10.5. The Bertz CT molecular complexity index is 1410. The van der Waals surface area contributed by atoms with Gasteiger partial charge >= 0.3 is 0 Å². The van der Waals surface area contributed by atoms with Crippen molar-refractivity contribution in [2.75, 3.05) is 26.7 Å². The molecular formula is C28H27F2N5O2. The van der Waals surface area contributed by atoms with E-state index in [-0.39, 0.29) is 23.2 Å². The van der Waals surface area contributed by atoms with E-state index in [1.165, 1.54) is 6.20 Å². The SMILES string of the molecule is CN1CCC(COc2cnc(-c3cccc(Cc4n[nH]cc(-c5cc(F)cc(F)c5)c4=O)c3)nc2)CC1. The lowest BCUT2D eigenvalue weighted by Gasteiger charge is -2.28. The Balaban J connectivity index is 1.29. The van der Waals surface area contributed by atoms with E-state index in [0.717, 1.165) is 55.3 Å². The maximum Gasteiger partial charge on any atom is 0.211 e. The van der Waals surface area contributed by atoms with E-state index in [4.69, 9.17) is 4.74 Å². The highest BCUT2D eigenvalue weighted by Gasteiger charge is 2.17. The molecule has 9 heteroatoms. The van der Waals surface area contributed by atoms with Gasteiger partial charge in [0.05, 0.1) is 19.0 Å². The van der Waals surface area contributed by atoms with Crippen molar-refractivity contribution in [1.29, 1.82) is 0 Å². The summed E-state index contributed by atoms with van der Waals surface area (Å²) < 4.78 is 33.3. The van der Waals surface area contributed by atoms with Crippen LogP contribution in [0, 0.1) is 17.6 Å². The molecule has 0 spiro atoms. The van der Waals surface area contributed by atoms with Gasteiger partial charge in [-0.05, 0) is 68.2 Å². The Labute approximate surface area is 213 Å². The first kappa shape index (κ1) is 24.7. The summed E-state index contributed by atoms with van der Waals surface area (Å²) in [4.78, 5) is 24.3. The van der Waals surface area contributed by atoms with Gasteiger partial charge in [0.1, 0.15) is 17.3 Å². The number of aromatic nitrogens is 4. The normalized spacial score (nSPS) is 14.6. The van der Waals surface area contributed by atoms with E-state index in [0.29, 0.717) is 24.1 Å². The molecule has 0 saturated carbocycles. The molecule has 190 valence electrons. The molecule has 1 N–H and O–H groups in total. The first-order chi connectivity index (χ1) is 17.9. The molecule has 5 rings (SSSR count). The lowest BCUT2D eigenvalue weighted by Crippen LogP contribution is -2.32. The van der Waals surface area contributed by atoms with Crippen LogP contribution in [0.15, 0.2) is 65.8 Å². The minimum absolute atomic E-state index is 0.152. The lowest BCUT2D eigenvalue weighted by atomic mass is 9.98. The second-order valence-electron chi connectivity index (χ2n) is 9.41. The number of hydrogen-bond donors (Lipinski definition) is 1. The Morgan fingerprint density at radius 1 is 1.03 bits per heavy atom. The smallest absolute Gasteiger partial charge is 0.211 e. The van der Waals surface area contributed by atoms with Crippen molar-refractivity contribution in [1.82, 2.24) is 25.1 Å². The summed E-state index contributed by atoms with van der Waals surface area (Å²) >= 11 is 0. The van der Waals surface area contributed by atoms with Gasteiger partial charge in [0, 0.05) is 29.8 Å². The van der Waals surface area contributed by atoms with E-state index >= 15 is 0 Å². The number of piperidine rings is 1. The number of benzene rings is 2.